The van der Waals surface area contributed by atoms with Gasteiger partial charge in [0.2, 0.25) is 0 Å². The standard InChI is InChI=1S/C10H2F18/c11-3(7(17,18)19,8(20,21)22)1-2-4(12,13)6(15,16)5(14,9(23,24)25)10(26,27)28/h1-2H. The minimum atomic E-state index is -8.13. The maximum absolute atomic E-state index is 13.1. The Kier molecular flexibility index (Phi) is 6.14. The molecule has 0 aromatic rings. The Balaban J connectivity index is 6.63. The van der Waals surface area contributed by atoms with Crippen LogP contribution in [0.1, 0.15) is 0 Å². The zero-order valence-corrected chi connectivity index (χ0v) is 12.0. The van der Waals surface area contributed by atoms with Crippen molar-refractivity contribution in [2.24, 2.45) is 0 Å². The highest BCUT2D eigenvalue weighted by atomic mass is 19.4. The Hall–Kier alpha value is -1.52. The van der Waals surface area contributed by atoms with Crippen molar-refractivity contribution in [2.45, 2.75) is 47.9 Å². The summed E-state index contributed by atoms with van der Waals surface area (Å²) in [5.41, 5.74) is -15.0. The molecule has 0 rings (SSSR count). The van der Waals surface area contributed by atoms with Gasteiger partial charge < -0.3 is 0 Å². The number of alkyl halides is 18. The van der Waals surface area contributed by atoms with Crippen LogP contribution in [-0.4, -0.2) is 47.9 Å². The lowest BCUT2D eigenvalue weighted by atomic mass is 9.89. The summed E-state index contributed by atoms with van der Waals surface area (Å²) in [5.74, 6) is -15.4. The van der Waals surface area contributed by atoms with Crippen LogP contribution in [0.25, 0.3) is 0 Å². The third-order valence-electron chi connectivity index (χ3n) is 2.98. The van der Waals surface area contributed by atoms with Crippen LogP contribution in [-0.2, 0) is 0 Å². The van der Waals surface area contributed by atoms with Crippen LogP contribution in [0.5, 0.6) is 0 Å². The molecular formula is C10H2F18. The molecule has 0 aliphatic heterocycles. The van der Waals surface area contributed by atoms with Gasteiger partial charge in [-0.25, -0.2) is 8.78 Å². The van der Waals surface area contributed by atoms with Gasteiger partial charge in [-0.15, -0.1) is 0 Å². The Bertz CT molecular complexity index is 551. The lowest BCUT2D eigenvalue weighted by molar-refractivity contribution is -0.421. The third-order valence-corrected chi connectivity index (χ3v) is 2.98. The van der Waals surface area contributed by atoms with Crippen LogP contribution in [0.4, 0.5) is 79.0 Å². The lowest BCUT2D eigenvalue weighted by Crippen LogP contribution is -2.69. The molecule has 0 nitrogen and oxygen atoms in total. The van der Waals surface area contributed by atoms with E-state index in [2.05, 4.69) is 0 Å². The molecule has 0 fully saturated rings. The van der Waals surface area contributed by atoms with E-state index in [9.17, 15) is 79.0 Å². The average molecular weight is 464 g/mol. The minimum Gasteiger partial charge on any atom is -0.219 e. The summed E-state index contributed by atoms with van der Waals surface area (Å²) in [5, 5.41) is 0. The summed E-state index contributed by atoms with van der Waals surface area (Å²) >= 11 is 0. The van der Waals surface area contributed by atoms with Gasteiger partial charge >= 0.3 is 47.9 Å². The normalized spacial score (nSPS) is 16.8. The molecule has 18 heteroatoms. The molecule has 0 aliphatic carbocycles. The summed E-state index contributed by atoms with van der Waals surface area (Å²) in [6, 6.07) is 0. The molecule has 0 spiro atoms. The number of allylic oxidation sites excluding steroid dienone is 2. The molecule has 0 heterocycles. The number of hydrogen-bond acceptors (Lipinski definition) is 0. The molecule has 0 aromatic carbocycles. The summed E-state index contributed by atoms with van der Waals surface area (Å²) in [4.78, 5) is 0. The SMILES string of the molecule is FC(F)(F)C(F)(C=CC(F)(F)C(F)(F)C(F)(C(F)(F)F)C(F)(F)F)C(F)(F)F. The van der Waals surface area contributed by atoms with Crippen LogP contribution >= 0.6 is 0 Å². The molecule has 0 aromatic heterocycles. The molecule has 0 amide bonds. The highest BCUT2D eigenvalue weighted by Gasteiger charge is 2.89. The number of hydrogen-bond donors (Lipinski definition) is 0. The first-order chi connectivity index (χ1) is 11.7. The van der Waals surface area contributed by atoms with Gasteiger partial charge in [0.25, 0.3) is 0 Å². The monoisotopic (exact) mass is 464 g/mol. The Morgan fingerprint density at radius 2 is 0.643 bits per heavy atom. The summed E-state index contributed by atoms with van der Waals surface area (Å²) in [6.45, 7) is 0. The summed E-state index contributed by atoms with van der Waals surface area (Å²) in [6.07, 6.45) is -35.2. The molecule has 0 bridgehead atoms. The smallest absolute Gasteiger partial charge is 0.219 e. The Labute approximate surface area is 140 Å². The molecule has 168 valence electrons. The van der Waals surface area contributed by atoms with E-state index in [1.807, 2.05) is 0 Å². The van der Waals surface area contributed by atoms with Crippen LogP contribution in [0, 0.1) is 0 Å². The maximum Gasteiger partial charge on any atom is 0.438 e. The highest BCUT2D eigenvalue weighted by molar-refractivity contribution is 5.21. The van der Waals surface area contributed by atoms with Crippen molar-refractivity contribution < 1.29 is 79.0 Å². The van der Waals surface area contributed by atoms with E-state index in [0.717, 1.165) is 0 Å². The first-order valence-electron chi connectivity index (χ1n) is 5.81. The van der Waals surface area contributed by atoms with Crippen LogP contribution in [0.15, 0.2) is 12.2 Å². The fraction of sp³-hybridized carbons (Fsp3) is 0.800. The van der Waals surface area contributed by atoms with Gasteiger partial charge in [-0.1, -0.05) is 0 Å². The predicted molar refractivity (Wildman–Crippen MR) is 50.9 cm³/mol. The zero-order chi connectivity index (χ0) is 23.4. The van der Waals surface area contributed by atoms with Gasteiger partial charge in [0, 0.05) is 0 Å². The first-order valence-corrected chi connectivity index (χ1v) is 5.81. The Morgan fingerprint density at radius 1 is 0.357 bits per heavy atom. The van der Waals surface area contributed by atoms with Gasteiger partial charge in [-0.2, -0.15) is 70.2 Å². The highest BCUT2D eigenvalue weighted by Crippen LogP contribution is 2.59. The molecule has 0 unspecified atom stereocenters. The van der Waals surface area contributed by atoms with E-state index in [1.165, 1.54) is 0 Å². The lowest BCUT2D eigenvalue weighted by Gasteiger charge is -2.39. The van der Waals surface area contributed by atoms with Crippen molar-refractivity contribution >= 4 is 0 Å². The van der Waals surface area contributed by atoms with E-state index in [1.54, 1.807) is 0 Å². The van der Waals surface area contributed by atoms with E-state index < -0.39 is 60.0 Å². The zero-order valence-electron chi connectivity index (χ0n) is 12.0. The van der Waals surface area contributed by atoms with Gasteiger partial charge in [0.05, 0.1) is 0 Å². The van der Waals surface area contributed by atoms with E-state index in [0.29, 0.717) is 0 Å². The fourth-order valence-electron chi connectivity index (χ4n) is 1.42. The third kappa shape index (κ3) is 3.81. The van der Waals surface area contributed by atoms with Gasteiger partial charge in [0.15, 0.2) is 0 Å². The number of rotatable bonds is 4. The second-order valence-electron chi connectivity index (χ2n) is 4.89. The van der Waals surface area contributed by atoms with Crippen molar-refractivity contribution in [3.63, 3.8) is 0 Å². The van der Waals surface area contributed by atoms with Crippen molar-refractivity contribution in [1.82, 2.24) is 0 Å². The minimum absolute atomic E-state index is 2.49. The topological polar surface area (TPSA) is 0 Å². The molecule has 0 saturated heterocycles. The second kappa shape index (κ2) is 6.50. The van der Waals surface area contributed by atoms with Crippen molar-refractivity contribution in [2.75, 3.05) is 0 Å². The molecule has 0 radical (unpaired) electrons. The van der Waals surface area contributed by atoms with Gasteiger partial charge in [0.1, 0.15) is 0 Å². The first kappa shape index (κ1) is 26.5. The van der Waals surface area contributed by atoms with E-state index in [4.69, 9.17) is 0 Å². The summed E-state index contributed by atoms with van der Waals surface area (Å²) in [7, 11) is 0. The summed E-state index contributed by atoms with van der Waals surface area (Å²) < 4.78 is 224. The van der Waals surface area contributed by atoms with E-state index >= 15 is 0 Å². The second-order valence-corrected chi connectivity index (χ2v) is 4.89. The van der Waals surface area contributed by atoms with E-state index in [-0.39, 0.29) is 0 Å². The van der Waals surface area contributed by atoms with Gasteiger partial charge in [-0.3, -0.25) is 0 Å². The molecule has 28 heavy (non-hydrogen) atoms. The molecule has 0 N–H and O–H groups in total. The molecule has 0 atom stereocenters. The van der Waals surface area contributed by atoms with Crippen molar-refractivity contribution in [3.05, 3.63) is 12.2 Å². The maximum atomic E-state index is 13.1. The quantitative estimate of drug-likeness (QED) is 0.330. The van der Waals surface area contributed by atoms with Crippen molar-refractivity contribution in [3.8, 4) is 0 Å². The van der Waals surface area contributed by atoms with Crippen molar-refractivity contribution in [1.29, 1.82) is 0 Å². The number of halogens is 18. The molecule has 0 saturated carbocycles. The fourth-order valence-corrected chi connectivity index (χ4v) is 1.42. The van der Waals surface area contributed by atoms with Crippen LogP contribution in [0.3, 0.4) is 0 Å². The van der Waals surface area contributed by atoms with Crippen LogP contribution in [0.2, 0.25) is 0 Å². The molecular weight excluding hydrogens is 462 g/mol. The van der Waals surface area contributed by atoms with Gasteiger partial charge in [-0.05, 0) is 12.2 Å². The molecule has 0 aliphatic rings. The largest absolute Gasteiger partial charge is 0.438 e. The predicted octanol–water partition coefficient (Wildman–Crippen LogP) is 6.48. The average Bonchev–Trinajstić information content (AvgIpc) is 2.38. The van der Waals surface area contributed by atoms with Crippen LogP contribution < -0.4 is 0 Å². The Morgan fingerprint density at radius 3 is 0.857 bits per heavy atom.